The zero-order valence-corrected chi connectivity index (χ0v) is 9.29. The lowest BCUT2D eigenvalue weighted by Crippen LogP contribution is -2.14. The number of nitrogens with one attached hydrogen (secondary N) is 1. The van der Waals surface area contributed by atoms with Gasteiger partial charge in [0.25, 0.3) is 0 Å². The number of fused-ring (bicyclic) bond motifs is 1. The molecule has 2 aromatic carbocycles. The van der Waals surface area contributed by atoms with Gasteiger partial charge in [-0.3, -0.25) is 4.57 Å². The monoisotopic (exact) mass is 242 g/mol. The van der Waals surface area contributed by atoms with E-state index in [-0.39, 0.29) is 17.2 Å². The molecule has 3 aromatic rings. The molecule has 0 aliphatic heterocycles. The largest absolute Gasteiger partial charge is 0.508 e. The molecule has 5 nitrogen and oxygen atoms in total. The third-order valence-electron chi connectivity index (χ3n) is 2.77. The molecule has 0 saturated carbocycles. The Hall–Kier alpha value is -2.69. The first-order valence-corrected chi connectivity index (χ1v) is 5.38. The summed E-state index contributed by atoms with van der Waals surface area (Å²) in [4.78, 5) is 14.6. The minimum absolute atomic E-state index is 0.0987. The van der Waals surface area contributed by atoms with Crippen LogP contribution in [0, 0.1) is 0 Å². The van der Waals surface area contributed by atoms with Crippen molar-refractivity contribution in [1.29, 1.82) is 0 Å². The number of phenols is 2. The predicted octanol–water partition coefficient (Wildman–Crippen LogP) is 1.73. The Morgan fingerprint density at radius 3 is 2.33 bits per heavy atom. The Kier molecular flexibility index (Phi) is 2.13. The first kappa shape index (κ1) is 10.5. The van der Waals surface area contributed by atoms with Gasteiger partial charge in [-0.25, -0.2) is 4.79 Å². The van der Waals surface area contributed by atoms with Crippen molar-refractivity contribution in [3.8, 4) is 17.2 Å². The van der Waals surface area contributed by atoms with Crippen molar-refractivity contribution in [2.75, 3.05) is 0 Å². The highest BCUT2D eigenvalue weighted by Crippen LogP contribution is 2.20. The summed E-state index contributed by atoms with van der Waals surface area (Å²) in [5.74, 6) is 0.242. The van der Waals surface area contributed by atoms with Crippen LogP contribution in [-0.2, 0) is 0 Å². The van der Waals surface area contributed by atoms with Crippen LogP contribution in [0.15, 0.2) is 47.3 Å². The van der Waals surface area contributed by atoms with Crippen LogP contribution in [0.2, 0.25) is 0 Å². The van der Waals surface area contributed by atoms with Gasteiger partial charge in [-0.05, 0) is 36.4 Å². The van der Waals surface area contributed by atoms with Crippen LogP contribution in [0.1, 0.15) is 0 Å². The minimum Gasteiger partial charge on any atom is -0.508 e. The first-order chi connectivity index (χ1) is 8.65. The molecule has 1 heterocycles. The topological polar surface area (TPSA) is 78.2 Å². The zero-order valence-electron chi connectivity index (χ0n) is 9.29. The quantitative estimate of drug-likeness (QED) is 0.608. The molecule has 90 valence electrons. The van der Waals surface area contributed by atoms with Gasteiger partial charge in [-0.15, -0.1) is 0 Å². The Morgan fingerprint density at radius 1 is 0.944 bits per heavy atom. The summed E-state index contributed by atoms with van der Waals surface area (Å²) in [6, 6.07) is 11.0. The molecule has 0 unspecified atom stereocenters. The number of nitrogens with zero attached hydrogens (tertiary/aromatic N) is 1. The van der Waals surface area contributed by atoms with Crippen LogP contribution in [0.25, 0.3) is 16.7 Å². The highest BCUT2D eigenvalue weighted by atomic mass is 16.3. The van der Waals surface area contributed by atoms with Gasteiger partial charge in [0.1, 0.15) is 11.5 Å². The van der Waals surface area contributed by atoms with Crippen molar-refractivity contribution >= 4 is 11.0 Å². The van der Waals surface area contributed by atoms with Gasteiger partial charge in [-0.1, -0.05) is 0 Å². The molecule has 0 bridgehead atoms. The molecule has 1 aromatic heterocycles. The van der Waals surface area contributed by atoms with E-state index < -0.39 is 0 Å². The Bertz CT molecular complexity index is 769. The standard InChI is InChI=1S/C13H10N2O3/c16-9-3-1-8(2-4-9)15-12-6-5-10(17)7-11(12)14-13(15)18/h1-7,16-17H,(H,14,18). The maximum absolute atomic E-state index is 11.9. The maximum Gasteiger partial charge on any atom is 0.331 e. The van der Waals surface area contributed by atoms with E-state index in [1.807, 2.05) is 0 Å². The number of H-pyrrole nitrogens is 1. The first-order valence-electron chi connectivity index (χ1n) is 5.38. The number of aromatic hydroxyl groups is 2. The molecule has 0 fully saturated rings. The third kappa shape index (κ3) is 1.53. The molecule has 0 saturated heterocycles. The summed E-state index contributed by atoms with van der Waals surface area (Å²) in [6.45, 7) is 0. The summed E-state index contributed by atoms with van der Waals surface area (Å²) in [7, 11) is 0. The molecule has 18 heavy (non-hydrogen) atoms. The molecule has 3 N–H and O–H groups in total. The van der Waals surface area contributed by atoms with Crippen molar-refractivity contribution < 1.29 is 10.2 Å². The fraction of sp³-hybridized carbons (Fsp3) is 0. The van der Waals surface area contributed by atoms with Crippen LogP contribution in [-0.4, -0.2) is 19.8 Å². The summed E-state index contributed by atoms with van der Waals surface area (Å²) < 4.78 is 1.48. The second-order valence-corrected chi connectivity index (χ2v) is 3.98. The number of aromatic amines is 1. The van der Waals surface area contributed by atoms with Crippen molar-refractivity contribution in [1.82, 2.24) is 9.55 Å². The Morgan fingerprint density at radius 2 is 1.61 bits per heavy atom. The molecule has 0 spiro atoms. The second kappa shape index (κ2) is 3.66. The predicted molar refractivity (Wildman–Crippen MR) is 67.2 cm³/mol. The second-order valence-electron chi connectivity index (χ2n) is 3.98. The molecule has 0 amide bonds. The van der Waals surface area contributed by atoms with Crippen molar-refractivity contribution in [3.05, 3.63) is 52.9 Å². The van der Waals surface area contributed by atoms with E-state index >= 15 is 0 Å². The summed E-state index contributed by atoms with van der Waals surface area (Å²) >= 11 is 0. The lowest BCUT2D eigenvalue weighted by Gasteiger charge is -2.03. The number of rotatable bonds is 1. The lowest BCUT2D eigenvalue weighted by atomic mass is 10.2. The molecule has 0 aliphatic rings. The van der Waals surface area contributed by atoms with Gasteiger partial charge >= 0.3 is 5.69 Å². The Labute approximate surface area is 102 Å². The SMILES string of the molecule is O=c1[nH]c2cc(O)ccc2n1-c1ccc(O)cc1. The number of hydrogen-bond donors (Lipinski definition) is 3. The molecular formula is C13H10N2O3. The van der Waals surface area contributed by atoms with Gasteiger partial charge in [0, 0.05) is 6.07 Å². The van der Waals surface area contributed by atoms with Crippen LogP contribution in [0.4, 0.5) is 0 Å². The van der Waals surface area contributed by atoms with Gasteiger partial charge in [0.15, 0.2) is 0 Å². The number of benzene rings is 2. The van der Waals surface area contributed by atoms with Crippen molar-refractivity contribution in [2.45, 2.75) is 0 Å². The number of phenolic OH excluding ortho intramolecular Hbond substituents is 2. The molecule has 5 heteroatoms. The van der Waals surface area contributed by atoms with E-state index in [4.69, 9.17) is 0 Å². The van der Waals surface area contributed by atoms with Gasteiger partial charge in [-0.2, -0.15) is 0 Å². The van der Waals surface area contributed by atoms with E-state index in [1.165, 1.54) is 28.8 Å². The van der Waals surface area contributed by atoms with E-state index in [0.717, 1.165) is 0 Å². The molecule has 0 atom stereocenters. The maximum atomic E-state index is 11.9. The van der Waals surface area contributed by atoms with Crippen molar-refractivity contribution in [3.63, 3.8) is 0 Å². The molecule has 0 aliphatic carbocycles. The smallest absolute Gasteiger partial charge is 0.331 e. The molecular weight excluding hydrogens is 232 g/mol. The van der Waals surface area contributed by atoms with Gasteiger partial charge in [0.2, 0.25) is 0 Å². The number of aromatic nitrogens is 2. The van der Waals surface area contributed by atoms with Crippen molar-refractivity contribution in [2.24, 2.45) is 0 Å². The number of hydrogen-bond acceptors (Lipinski definition) is 3. The molecule has 3 rings (SSSR count). The minimum atomic E-state index is -0.290. The summed E-state index contributed by atoms with van der Waals surface area (Å²) in [6.07, 6.45) is 0. The Balaban J connectivity index is 2.32. The molecule has 0 radical (unpaired) electrons. The average molecular weight is 242 g/mol. The third-order valence-corrected chi connectivity index (χ3v) is 2.77. The van der Waals surface area contributed by atoms with Gasteiger partial charge < -0.3 is 15.2 Å². The summed E-state index contributed by atoms with van der Waals surface area (Å²) in [5, 5.41) is 18.6. The highest BCUT2D eigenvalue weighted by molar-refractivity contribution is 5.78. The van der Waals surface area contributed by atoms with E-state index in [2.05, 4.69) is 4.98 Å². The van der Waals surface area contributed by atoms with Gasteiger partial charge in [0.05, 0.1) is 16.7 Å². The fourth-order valence-electron chi connectivity index (χ4n) is 1.96. The van der Waals surface area contributed by atoms with Crippen LogP contribution >= 0.6 is 0 Å². The fourth-order valence-corrected chi connectivity index (χ4v) is 1.96. The highest BCUT2D eigenvalue weighted by Gasteiger charge is 2.08. The van der Waals surface area contributed by atoms with Crippen LogP contribution in [0.5, 0.6) is 11.5 Å². The zero-order chi connectivity index (χ0) is 12.7. The lowest BCUT2D eigenvalue weighted by molar-refractivity contribution is 0.475. The number of imidazole rings is 1. The average Bonchev–Trinajstić information content (AvgIpc) is 2.65. The van der Waals surface area contributed by atoms with Crippen LogP contribution in [0.3, 0.4) is 0 Å². The normalized spacial score (nSPS) is 10.9. The van der Waals surface area contributed by atoms with E-state index in [1.54, 1.807) is 18.2 Å². The van der Waals surface area contributed by atoms with E-state index in [9.17, 15) is 15.0 Å². The van der Waals surface area contributed by atoms with Crippen LogP contribution < -0.4 is 5.69 Å². The van der Waals surface area contributed by atoms with E-state index in [0.29, 0.717) is 16.7 Å². The summed E-state index contributed by atoms with van der Waals surface area (Å²) in [5.41, 5.74) is 1.59.